The highest BCUT2D eigenvalue weighted by Crippen LogP contribution is 2.27. The zero-order valence-electron chi connectivity index (χ0n) is 21.0. The number of rotatable bonds is 11. The predicted octanol–water partition coefficient (Wildman–Crippen LogP) is 3.78. The lowest BCUT2D eigenvalue weighted by Crippen LogP contribution is -2.49. The maximum absolute atomic E-state index is 13.5. The van der Waals surface area contributed by atoms with Gasteiger partial charge in [-0.25, -0.2) is 4.79 Å². The third-order valence-electron chi connectivity index (χ3n) is 6.42. The summed E-state index contributed by atoms with van der Waals surface area (Å²) in [4.78, 5) is 44.7. The summed E-state index contributed by atoms with van der Waals surface area (Å²) in [6.45, 7) is 4.75. The number of ether oxygens (including phenoxy) is 1. The highest BCUT2D eigenvalue weighted by Gasteiger charge is 2.35. The van der Waals surface area contributed by atoms with Gasteiger partial charge in [0, 0.05) is 36.2 Å². The van der Waals surface area contributed by atoms with Crippen molar-refractivity contribution >= 4 is 28.8 Å². The summed E-state index contributed by atoms with van der Waals surface area (Å²) in [5.41, 5.74) is 4.42. The molecule has 1 heterocycles. The maximum Gasteiger partial charge on any atom is 0.325 e. The molecule has 2 aromatic carbocycles. The lowest BCUT2D eigenvalue weighted by Gasteiger charge is -2.28. The molecule has 0 bridgehead atoms. The van der Waals surface area contributed by atoms with E-state index in [0.717, 1.165) is 40.4 Å². The minimum absolute atomic E-state index is 0.0194. The number of urea groups is 1. The van der Waals surface area contributed by atoms with Crippen LogP contribution in [0, 0.1) is 6.92 Å². The van der Waals surface area contributed by atoms with Gasteiger partial charge in [0.15, 0.2) is 0 Å². The Bertz CT molecular complexity index is 1200. The highest BCUT2D eigenvalue weighted by molar-refractivity contribution is 5.87. The number of esters is 1. The van der Waals surface area contributed by atoms with Crippen LogP contribution in [0.1, 0.15) is 36.5 Å². The molecule has 4 rings (SSSR count). The topological polar surface area (TPSA) is 94.7 Å². The minimum atomic E-state index is -0.493. The molecular formula is C28H34N4O4. The zero-order chi connectivity index (χ0) is 25.5. The second-order valence-electron chi connectivity index (χ2n) is 9.23. The van der Waals surface area contributed by atoms with E-state index in [1.807, 2.05) is 60.5 Å². The molecule has 36 heavy (non-hydrogen) atoms. The number of fused-ring (bicyclic) bond motifs is 1. The van der Waals surface area contributed by atoms with Gasteiger partial charge in [0.1, 0.15) is 13.1 Å². The molecule has 1 aromatic heterocycles. The number of carbonyl (C=O) groups is 3. The van der Waals surface area contributed by atoms with Crippen LogP contribution < -0.4 is 5.32 Å². The molecule has 0 radical (unpaired) electrons. The average molecular weight is 491 g/mol. The lowest BCUT2D eigenvalue weighted by molar-refractivity contribution is -0.141. The van der Waals surface area contributed by atoms with Crippen LogP contribution in [-0.4, -0.2) is 65.0 Å². The fourth-order valence-corrected chi connectivity index (χ4v) is 4.26. The van der Waals surface area contributed by atoms with Crippen molar-refractivity contribution in [3.8, 4) is 0 Å². The van der Waals surface area contributed by atoms with Crippen molar-refractivity contribution in [2.24, 2.45) is 0 Å². The zero-order valence-corrected chi connectivity index (χ0v) is 21.0. The molecule has 0 saturated heterocycles. The van der Waals surface area contributed by atoms with Crippen LogP contribution in [0.15, 0.2) is 54.7 Å². The summed E-state index contributed by atoms with van der Waals surface area (Å²) in [6.07, 6.45) is 4.40. The van der Waals surface area contributed by atoms with Crippen molar-refractivity contribution in [2.75, 3.05) is 26.2 Å². The number of aromatic nitrogens is 1. The van der Waals surface area contributed by atoms with Crippen molar-refractivity contribution in [3.63, 3.8) is 0 Å². The Morgan fingerprint density at radius 3 is 2.56 bits per heavy atom. The Morgan fingerprint density at radius 2 is 1.83 bits per heavy atom. The molecule has 1 aliphatic rings. The number of hydrogen-bond donors (Lipinski definition) is 2. The van der Waals surface area contributed by atoms with E-state index >= 15 is 0 Å². The van der Waals surface area contributed by atoms with E-state index in [-0.39, 0.29) is 31.6 Å². The largest absolute Gasteiger partial charge is 0.465 e. The van der Waals surface area contributed by atoms with E-state index in [2.05, 4.69) is 16.4 Å². The Labute approximate surface area is 211 Å². The van der Waals surface area contributed by atoms with E-state index in [4.69, 9.17) is 4.74 Å². The van der Waals surface area contributed by atoms with Gasteiger partial charge in [-0.05, 0) is 50.3 Å². The second kappa shape index (κ2) is 11.7. The van der Waals surface area contributed by atoms with Crippen LogP contribution in [-0.2, 0) is 27.3 Å². The molecule has 0 aliphatic heterocycles. The van der Waals surface area contributed by atoms with Gasteiger partial charge in [-0.1, -0.05) is 48.0 Å². The summed E-state index contributed by atoms with van der Waals surface area (Å²) in [7, 11) is 0. The molecular weight excluding hydrogens is 456 g/mol. The second-order valence-corrected chi connectivity index (χ2v) is 9.23. The number of nitrogens with zero attached hydrogens (tertiary/aromatic N) is 2. The van der Waals surface area contributed by atoms with Crippen LogP contribution in [0.5, 0.6) is 0 Å². The first-order valence-electron chi connectivity index (χ1n) is 12.5. The summed E-state index contributed by atoms with van der Waals surface area (Å²) >= 11 is 0. The van der Waals surface area contributed by atoms with Gasteiger partial charge in [0.05, 0.1) is 6.61 Å². The Balaban J connectivity index is 1.46. The van der Waals surface area contributed by atoms with E-state index in [1.54, 1.807) is 11.8 Å². The lowest BCUT2D eigenvalue weighted by atomic mass is 10.1. The molecule has 8 nitrogen and oxygen atoms in total. The molecule has 8 heteroatoms. The summed E-state index contributed by atoms with van der Waals surface area (Å²) in [5, 5.41) is 3.75. The molecule has 0 spiro atoms. The third-order valence-corrected chi connectivity index (χ3v) is 6.42. The summed E-state index contributed by atoms with van der Waals surface area (Å²) < 4.78 is 4.89. The van der Waals surface area contributed by atoms with Crippen molar-refractivity contribution in [3.05, 3.63) is 71.4 Å². The van der Waals surface area contributed by atoms with E-state index in [1.165, 1.54) is 0 Å². The van der Waals surface area contributed by atoms with Gasteiger partial charge in [-0.15, -0.1) is 0 Å². The van der Waals surface area contributed by atoms with Gasteiger partial charge < -0.3 is 24.8 Å². The number of amides is 3. The quantitative estimate of drug-likeness (QED) is 0.400. The average Bonchev–Trinajstić information content (AvgIpc) is 3.64. The normalized spacial score (nSPS) is 12.8. The van der Waals surface area contributed by atoms with Gasteiger partial charge in [-0.3, -0.25) is 9.59 Å². The van der Waals surface area contributed by atoms with Gasteiger partial charge in [-0.2, -0.15) is 0 Å². The Kier molecular flexibility index (Phi) is 8.25. The number of benzene rings is 2. The number of hydrogen-bond acceptors (Lipinski definition) is 4. The highest BCUT2D eigenvalue weighted by atomic mass is 16.5. The number of carbonyl (C=O) groups excluding carboxylic acids is 3. The molecule has 1 fully saturated rings. The first-order chi connectivity index (χ1) is 17.4. The van der Waals surface area contributed by atoms with Crippen LogP contribution in [0.25, 0.3) is 10.9 Å². The first kappa shape index (κ1) is 25.3. The molecule has 1 aliphatic carbocycles. The number of aryl methyl sites for hydroxylation is 1. The first-order valence-corrected chi connectivity index (χ1v) is 12.5. The van der Waals surface area contributed by atoms with Crippen molar-refractivity contribution in [2.45, 2.75) is 45.7 Å². The number of para-hydroxylation sites is 1. The van der Waals surface area contributed by atoms with Crippen molar-refractivity contribution in [1.29, 1.82) is 0 Å². The van der Waals surface area contributed by atoms with E-state index in [0.29, 0.717) is 19.5 Å². The number of H-pyrrole nitrogens is 1. The maximum atomic E-state index is 13.5. The van der Waals surface area contributed by atoms with E-state index < -0.39 is 12.0 Å². The number of nitrogens with one attached hydrogen (secondary N) is 2. The molecule has 3 amide bonds. The smallest absolute Gasteiger partial charge is 0.325 e. The van der Waals surface area contributed by atoms with Crippen LogP contribution in [0.3, 0.4) is 0 Å². The molecule has 2 N–H and O–H groups in total. The fraction of sp³-hybridized carbons (Fsp3) is 0.393. The van der Waals surface area contributed by atoms with Gasteiger partial charge in [0.2, 0.25) is 5.91 Å². The fourth-order valence-electron chi connectivity index (χ4n) is 4.26. The number of aromatic amines is 1. The third kappa shape index (κ3) is 6.65. The molecule has 190 valence electrons. The standard InChI is InChI=1S/C28H34N4O4/c1-3-36-27(34)17-30-28(35)32(23-12-13-23)19-26(33)31(18-21-10-8-20(2)9-11-21)15-14-22-16-29-25-7-5-4-6-24(22)25/h4-11,16,23,29H,3,12-15,17-19H2,1-2H3,(H,30,35). The predicted molar refractivity (Wildman–Crippen MR) is 138 cm³/mol. The SMILES string of the molecule is CCOC(=O)CNC(=O)N(CC(=O)N(CCc1c[nH]c2ccccc12)Cc1ccc(C)cc1)C1CC1. The van der Waals surface area contributed by atoms with E-state index in [9.17, 15) is 14.4 Å². The van der Waals surface area contributed by atoms with Crippen LogP contribution in [0.4, 0.5) is 4.79 Å². The van der Waals surface area contributed by atoms with Crippen molar-refractivity contribution in [1.82, 2.24) is 20.1 Å². The molecule has 0 unspecified atom stereocenters. The molecule has 0 atom stereocenters. The molecule has 1 saturated carbocycles. The minimum Gasteiger partial charge on any atom is -0.465 e. The monoisotopic (exact) mass is 490 g/mol. The van der Waals surface area contributed by atoms with Gasteiger partial charge in [0.25, 0.3) is 0 Å². The summed E-state index contributed by atoms with van der Waals surface area (Å²) in [6, 6.07) is 15.9. The summed E-state index contributed by atoms with van der Waals surface area (Å²) in [5.74, 6) is -0.610. The van der Waals surface area contributed by atoms with Crippen LogP contribution >= 0.6 is 0 Å². The Morgan fingerprint density at radius 1 is 1.08 bits per heavy atom. The Hall–Kier alpha value is -3.81. The van der Waals surface area contributed by atoms with Crippen molar-refractivity contribution < 1.29 is 19.1 Å². The van der Waals surface area contributed by atoms with Gasteiger partial charge >= 0.3 is 12.0 Å². The molecule has 3 aromatic rings. The van der Waals surface area contributed by atoms with Crippen LogP contribution in [0.2, 0.25) is 0 Å².